The van der Waals surface area contributed by atoms with Crippen molar-refractivity contribution in [1.82, 2.24) is 18.7 Å². The summed E-state index contributed by atoms with van der Waals surface area (Å²) in [7, 11) is 0. The van der Waals surface area contributed by atoms with E-state index in [1.807, 2.05) is 13.8 Å². The maximum absolute atomic E-state index is 12.5. The summed E-state index contributed by atoms with van der Waals surface area (Å²) in [4.78, 5) is 29.3. The smallest absolute Gasteiger partial charge is 0.324 e. The zero-order valence-electron chi connectivity index (χ0n) is 12.2. The highest BCUT2D eigenvalue weighted by Crippen LogP contribution is 2.11. The number of imidazole rings is 1. The van der Waals surface area contributed by atoms with Crippen LogP contribution in [0.5, 0.6) is 0 Å². The van der Waals surface area contributed by atoms with Gasteiger partial charge in [0, 0.05) is 19.6 Å². The third kappa shape index (κ3) is 1.98. The lowest BCUT2D eigenvalue weighted by molar-refractivity contribution is 0.578. The van der Waals surface area contributed by atoms with E-state index in [0.29, 0.717) is 36.6 Å². The number of nitrogens with two attached hydrogens (primary N) is 1. The third-order valence-electron chi connectivity index (χ3n) is 3.46. The summed E-state index contributed by atoms with van der Waals surface area (Å²) >= 11 is 0. The number of hydrogen-bond donors (Lipinski definition) is 1. The molecule has 7 nitrogen and oxygen atoms in total. The molecule has 20 heavy (non-hydrogen) atoms. The van der Waals surface area contributed by atoms with Gasteiger partial charge in [0.15, 0.2) is 11.2 Å². The molecule has 0 aliphatic carbocycles. The normalized spacial score (nSPS) is 11.4. The van der Waals surface area contributed by atoms with Crippen molar-refractivity contribution in [3.63, 3.8) is 0 Å². The number of aryl methyl sites for hydroxylation is 2. The highest BCUT2D eigenvalue weighted by atomic mass is 16.2. The molecule has 0 aliphatic heterocycles. The molecule has 0 unspecified atom stereocenters. The first kappa shape index (κ1) is 14.5. The van der Waals surface area contributed by atoms with Crippen molar-refractivity contribution >= 4 is 11.2 Å². The van der Waals surface area contributed by atoms with Gasteiger partial charge >= 0.3 is 5.69 Å². The van der Waals surface area contributed by atoms with E-state index in [2.05, 4.69) is 4.98 Å². The molecule has 0 radical (unpaired) electrons. The van der Waals surface area contributed by atoms with Crippen molar-refractivity contribution in [3.05, 3.63) is 26.7 Å². The first-order valence-electron chi connectivity index (χ1n) is 7.03. The molecule has 0 spiro atoms. The van der Waals surface area contributed by atoms with Gasteiger partial charge in [0.25, 0.3) is 5.56 Å². The van der Waals surface area contributed by atoms with Crippen molar-refractivity contribution in [1.29, 1.82) is 0 Å². The SMILES string of the molecule is CCCn1c(=O)n(CC)c(=O)c2c1nc(CN)n2CC. The fourth-order valence-corrected chi connectivity index (χ4v) is 2.54. The van der Waals surface area contributed by atoms with E-state index in [9.17, 15) is 9.59 Å². The zero-order chi connectivity index (χ0) is 14.9. The van der Waals surface area contributed by atoms with Gasteiger partial charge in [-0.1, -0.05) is 6.92 Å². The summed E-state index contributed by atoms with van der Waals surface area (Å²) in [5.74, 6) is 0.637. The molecule has 2 rings (SSSR count). The molecule has 0 bridgehead atoms. The largest absolute Gasteiger partial charge is 0.332 e. The maximum atomic E-state index is 12.5. The summed E-state index contributed by atoms with van der Waals surface area (Å²) < 4.78 is 4.63. The Morgan fingerprint density at radius 2 is 1.70 bits per heavy atom. The second-order valence-electron chi connectivity index (χ2n) is 4.63. The summed E-state index contributed by atoms with van der Waals surface area (Å²) in [6.45, 7) is 7.46. The van der Waals surface area contributed by atoms with Crippen LogP contribution in [0.25, 0.3) is 11.2 Å². The zero-order valence-corrected chi connectivity index (χ0v) is 12.2. The Hall–Kier alpha value is -1.89. The minimum Gasteiger partial charge on any atom is -0.324 e. The lowest BCUT2D eigenvalue weighted by Gasteiger charge is -2.10. The summed E-state index contributed by atoms with van der Waals surface area (Å²) in [6.07, 6.45) is 0.799. The number of nitrogens with zero attached hydrogens (tertiary/aromatic N) is 4. The van der Waals surface area contributed by atoms with E-state index in [4.69, 9.17) is 5.73 Å². The van der Waals surface area contributed by atoms with E-state index < -0.39 is 0 Å². The minimum absolute atomic E-state index is 0.244. The molecule has 7 heteroatoms. The molecule has 2 heterocycles. The summed E-state index contributed by atoms with van der Waals surface area (Å²) in [6, 6.07) is 0. The van der Waals surface area contributed by atoms with Crippen LogP contribution in [-0.2, 0) is 26.2 Å². The molecule has 0 aromatic carbocycles. The number of fused-ring (bicyclic) bond motifs is 1. The number of hydrogen-bond acceptors (Lipinski definition) is 4. The van der Waals surface area contributed by atoms with Crippen molar-refractivity contribution in [3.8, 4) is 0 Å². The van der Waals surface area contributed by atoms with Gasteiger partial charge in [-0.05, 0) is 20.3 Å². The molecule has 0 saturated carbocycles. The monoisotopic (exact) mass is 279 g/mol. The van der Waals surface area contributed by atoms with Crippen molar-refractivity contribution in [2.24, 2.45) is 5.73 Å². The fraction of sp³-hybridized carbons (Fsp3) is 0.615. The van der Waals surface area contributed by atoms with Crippen LogP contribution in [0.4, 0.5) is 0 Å². The van der Waals surface area contributed by atoms with Gasteiger partial charge in [0.05, 0.1) is 6.54 Å². The quantitative estimate of drug-likeness (QED) is 0.851. The standard InChI is InChI=1S/C13H21N5O2/c1-4-7-18-11-10(12(19)17(6-3)13(18)20)16(5-2)9(8-14)15-11/h4-8,14H2,1-3H3. The predicted octanol–water partition coefficient (Wildman–Crippen LogP) is 0.268. The molecule has 2 aromatic rings. The van der Waals surface area contributed by atoms with Crippen LogP contribution >= 0.6 is 0 Å². The Morgan fingerprint density at radius 1 is 1.05 bits per heavy atom. The van der Waals surface area contributed by atoms with Crippen LogP contribution in [0, 0.1) is 0 Å². The highest BCUT2D eigenvalue weighted by molar-refractivity contribution is 5.71. The van der Waals surface area contributed by atoms with Crippen LogP contribution in [0.1, 0.15) is 33.0 Å². The first-order valence-corrected chi connectivity index (χ1v) is 7.03. The van der Waals surface area contributed by atoms with Gasteiger partial charge in [-0.3, -0.25) is 13.9 Å². The second kappa shape index (κ2) is 5.62. The molecule has 2 aromatic heterocycles. The van der Waals surface area contributed by atoms with E-state index >= 15 is 0 Å². The number of rotatable bonds is 5. The van der Waals surface area contributed by atoms with Gasteiger partial charge < -0.3 is 10.3 Å². The molecule has 0 aliphatic rings. The Kier molecular flexibility index (Phi) is 4.08. The maximum Gasteiger partial charge on any atom is 0.332 e. The molecule has 0 fully saturated rings. The van der Waals surface area contributed by atoms with Crippen molar-refractivity contribution in [2.75, 3.05) is 0 Å². The van der Waals surface area contributed by atoms with Crippen LogP contribution < -0.4 is 17.0 Å². The van der Waals surface area contributed by atoms with Crippen LogP contribution in [0.2, 0.25) is 0 Å². The Morgan fingerprint density at radius 3 is 2.20 bits per heavy atom. The first-order chi connectivity index (χ1) is 9.60. The Bertz CT molecular complexity index is 738. The summed E-state index contributed by atoms with van der Waals surface area (Å²) in [5.41, 5.74) is 6.04. The lowest BCUT2D eigenvalue weighted by Crippen LogP contribution is -2.40. The topological polar surface area (TPSA) is 87.8 Å². The average Bonchev–Trinajstić information content (AvgIpc) is 2.82. The van der Waals surface area contributed by atoms with Gasteiger partial charge in [-0.2, -0.15) is 0 Å². The molecule has 110 valence electrons. The van der Waals surface area contributed by atoms with E-state index in [1.165, 1.54) is 4.57 Å². The van der Waals surface area contributed by atoms with Gasteiger partial charge in [0.1, 0.15) is 5.82 Å². The van der Waals surface area contributed by atoms with Gasteiger partial charge in [-0.15, -0.1) is 0 Å². The third-order valence-corrected chi connectivity index (χ3v) is 3.46. The van der Waals surface area contributed by atoms with E-state index in [1.54, 1.807) is 16.1 Å². The molecular formula is C13H21N5O2. The van der Waals surface area contributed by atoms with Crippen LogP contribution in [0.3, 0.4) is 0 Å². The molecule has 0 saturated heterocycles. The molecular weight excluding hydrogens is 258 g/mol. The Labute approximate surface area is 116 Å². The molecule has 2 N–H and O–H groups in total. The molecule has 0 amide bonds. The predicted molar refractivity (Wildman–Crippen MR) is 77.8 cm³/mol. The Balaban J connectivity index is 3.00. The van der Waals surface area contributed by atoms with Crippen LogP contribution in [0.15, 0.2) is 9.59 Å². The number of aromatic nitrogens is 4. The second-order valence-corrected chi connectivity index (χ2v) is 4.63. The lowest BCUT2D eigenvalue weighted by atomic mass is 10.4. The average molecular weight is 279 g/mol. The fourth-order valence-electron chi connectivity index (χ4n) is 2.54. The van der Waals surface area contributed by atoms with Gasteiger partial charge in [0.2, 0.25) is 0 Å². The van der Waals surface area contributed by atoms with E-state index in [-0.39, 0.29) is 17.8 Å². The summed E-state index contributed by atoms with van der Waals surface area (Å²) in [5, 5.41) is 0. The highest BCUT2D eigenvalue weighted by Gasteiger charge is 2.19. The van der Waals surface area contributed by atoms with Crippen molar-refractivity contribution in [2.45, 2.75) is 53.4 Å². The van der Waals surface area contributed by atoms with Crippen molar-refractivity contribution < 1.29 is 0 Å². The minimum atomic E-state index is -0.295. The van der Waals surface area contributed by atoms with Gasteiger partial charge in [-0.25, -0.2) is 9.78 Å². The van der Waals surface area contributed by atoms with Crippen LogP contribution in [-0.4, -0.2) is 18.7 Å². The molecule has 0 atom stereocenters. The van der Waals surface area contributed by atoms with E-state index in [0.717, 1.165) is 6.42 Å².